The lowest BCUT2D eigenvalue weighted by molar-refractivity contribution is 0.102. The first kappa shape index (κ1) is 14.4. The molecule has 25 heavy (non-hydrogen) atoms. The molecular weight excluding hydrogens is 320 g/mol. The monoisotopic (exact) mass is 338 g/mol. The number of nitrogens with zero attached hydrogens (tertiary/aromatic N) is 4. The van der Waals surface area contributed by atoms with Gasteiger partial charge in [0.05, 0.1) is 22.8 Å². The van der Waals surface area contributed by atoms with Gasteiger partial charge in [0.2, 0.25) is 0 Å². The van der Waals surface area contributed by atoms with E-state index in [0.29, 0.717) is 28.0 Å². The molecule has 0 saturated carbocycles. The van der Waals surface area contributed by atoms with Crippen LogP contribution in [0.25, 0.3) is 11.1 Å². The third-order valence-corrected chi connectivity index (χ3v) is 4.98. The number of rotatable bonds is 2. The van der Waals surface area contributed by atoms with Gasteiger partial charge in [0.25, 0.3) is 11.6 Å². The van der Waals surface area contributed by atoms with Gasteiger partial charge in [-0.1, -0.05) is 5.16 Å². The number of carbonyl (C=O) groups excluding carboxylic acids is 1. The predicted molar refractivity (Wildman–Crippen MR) is 91.9 cm³/mol. The summed E-state index contributed by atoms with van der Waals surface area (Å²) in [5.41, 5.74) is 4.45. The number of amides is 1. The van der Waals surface area contributed by atoms with Crippen LogP contribution < -0.4 is 10.6 Å². The van der Waals surface area contributed by atoms with Crippen molar-refractivity contribution >= 4 is 28.5 Å². The molecule has 0 unspecified atom stereocenters. The van der Waals surface area contributed by atoms with Crippen molar-refractivity contribution < 1.29 is 9.32 Å². The van der Waals surface area contributed by atoms with E-state index in [2.05, 4.69) is 25.9 Å². The topological polar surface area (TPSA) is 97.9 Å². The molecule has 3 aromatic heterocycles. The van der Waals surface area contributed by atoms with Gasteiger partial charge in [0.15, 0.2) is 0 Å². The van der Waals surface area contributed by atoms with Crippen molar-refractivity contribution in [2.45, 2.75) is 39.2 Å². The van der Waals surface area contributed by atoms with Crippen LogP contribution in [0, 0.1) is 6.92 Å². The summed E-state index contributed by atoms with van der Waals surface area (Å²) in [4.78, 5) is 17.7. The number of pyridine rings is 1. The molecule has 1 aliphatic carbocycles. The number of aromatic nitrogens is 4. The summed E-state index contributed by atoms with van der Waals surface area (Å²) in [6.07, 6.45) is 5.46. The van der Waals surface area contributed by atoms with E-state index in [1.54, 1.807) is 6.20 Å². The number of fused-ring (bicyclic) bond motifs is 3. The molecule has 0 fully saturated rings. The van der Waals surface area contributed by atoms with E-state index >= 15 is 0 Å². The number of aryl methyl sites for hydroxylation is 3. The predicted octanol–water partition coefficient (Wildman–Crippen LogP) is 2.28. The fraction of sp³-hybridized carbons (Fsp3) is 0.412. The van der Waals surface area contributed by atoms with Crippen LogP contribution in [0.1, 0.15) is 40.2 Å². The van der Waals surface area contributed by atoms with Gasteiger partial charge in [-0.25, -0.2) is 9.67 Å². The van der Waals surface area contributed by atoms with E-state index in [1.165, 1.54) is 0 Å². The fourth-order valence-corrected chi connectivity index (χ4v) is 3.82. The minimum atomic E-state index is -0.153. The van der Waals surface area contributed by atoms with Gasteiger partial charge in [-0.2, -0.15) is 5.10 Å². The molecule has 2 aliphatic rings. The number of hydrogen-bond donors (Lipinski definition) is 2. The molecule has 8 heteroatoms. The Balaban J connectivity index is 1.60. The average Bonchev–Trinajstić information content (AvgIpc) is 3.33. The van der Waals surface area contributed by atoms with Gasteiger partial charge in [0, 0.05) is 18.8 Å². The van der Waals surface area contributed by atoms with Crippen LogP contribution >= 0.6 is 0 Å². The lowest BCUT2D eigenvalue weighted by Gasteiger charge is -2.17. The Morgan fingerprint density at radius 3 is 3.20 bits per heavy atom. The Bertz CT molecular complexity index is 1000. The molecule has 8 nitrogen and oxygen atoms in total. The minimum absolute atomic E-state index is 0.153. The second-order valence-corrected chi connectivity index (χ2v) is 6.58. The van der Waals surface area contributed by atoms with Gasteiger partial charge in [-0.15, -0.1) is 0 Å². The molecule has 4 heterocycles. The van der Waals surface area contributed by atoms with Crippen LogP contribution in [0.3, 0.4) is 0 Å². The summed E-state index contributed by atoms with van der Waals surface area (Å²) in [6, 6.07) is 0. The van der Waals surface area contributed by atoms with Crippen molar-refractivity contribution in [1.82, 2.24) is 19.9 Å². The molecule has 0 saturated heterocycles. The molecule has 5 rings (SSSR count). The molecule has 128 valence electrons. The zero-order chi connectivity index (χ0) is 17.0. The second kappa shape index (κ2) is 5.30. The van der Waals surface area contributed by atoms with Crippen molar-refractivity contribution in [3.8, 4) is 0 Å². The van der Waals surface area contributed by atoms with Crippen LogP contribution in [0.15, 0.2) is 10.7 Å². The Hall–Kier alpha value is -2.90. The van der Waals surface area contributed by atoms with Crippen LogP contribution in [0.4, 0.5) is 11.5 Å². The molecule has 0 radical (unpaired) electrons. The fourth-order valence-electron chi connectivity index (χ4n) is 3.82. The van der Waals surface area contributed by atoms with E-state index in [4.69, 9.17) is 4.52 Å². The first-order valence-electron chi connectivity index (χ1n) is 8.61. The summed E-state index contributed by atoms with van der Waals surface area (Å²) < 4.78 is 7.21. The minimum Gasteiger partial charge on any atom is -0.368 e. The largest absolute Gasteiger partial charge is 0.368 e. The Morgan fingerprint density at radius 2 is 2.28 bits per heavy atom. The van der Waals surface area contributed by atoms with E-state index in [-0.39, 0.29) is 5.91 Å². The van der Waals surface area contributed by atoms with E-state index in [0.717, 1.165) is 55.8 Å². The number of carbonyl (C=O) groups is 1. The Labute approximate surface area is 143 Å². The lowest BCUT2D eigenvalue weighted by atomic mass is 10.0. The molecule has 0 aromatic carbocycles. The molecule has 0 atom stereocenters. The highest BCUT2D eigenvalue weighted by Gasteiger charge is 2.28. The van der Waals surface area contributed by atoms with Crippen molar-refractivity contribution in [1.29, 1.82) is 0 Å². The molecule has 1 aliphatic heterocycles. The van der Waals surface area contributed by atoms with Crippen molar-refractivity contribution in [2.24, 2.45) is 0 Å². The zero-order valence-corrected chi connectivity index (χ0v) is 13.9. The van der Waals surface area contributed by atoms with Gasteiger partial charge >= 0.3 is 0 Å². The molecule has 0 spiro atoms. The Kier molecular flexibility index (Phi) is 3.06. The summed E-state index contributed by atoms with van der Waals surface area (Å²) in [7, 11) is 0. The smallest absolute Gasteiger partial charge is 0.259 e. The summed E-state index contributed by atoms with van der Waals surface area (Å²) in [6.45, 7) is 3.58. The molecule has 3 aromatic rings. The van der Waals surface area contributed by atoms with Gasteiger partial charge in [0.1, 0.15) is 11.5 Å². The standard InChI is InChI=1S/C17H18N6O2/c1-9-13-14(10-4-2-5-11(10)21-17(13)25-22-9)16(24)20-12-8-19-23-7-3-6-18-15(12)23/h8,18H,2-7H2,1H3,(H,20,24). The third-order valence-electron chi connectivity index (χ3n) is 4.98. The first-order valence-corrected chi connectivity index (χ1v) is 8.61. The Morgan fingerprint density at radius 1 is 1.36 bits per heavy atom. The van der Waals surface area contributed by atoms with E-state index in [9.17, 15) is 4.79 Å². The molecule has 0 bridgehead atoms. The van der Waals surface area contributed by atoms with Crippen LogP contribution in [-0.4, -0.2) is 32.4 Å². The van der Waals surface area contributed by atoms with Gasteiger partial charge in [-0.3, -0.25) is 4.79 Å². The highest BCUT2D eigenvalue weighted by atomic mass is 16.5. The van der Waals surface area contributed by atoms with Crippen molar-refractivity contribution in [3.63, 3.8) is 0 Å². The van der Waals surface area contributed by atoms with E-state index < -0.39 is 0 Å². The average molecular weight is 338 g/mol. The maximum absolute atomic E-state index is 13.1. The summed E-state index contributed by atoms with van der Waals surface area (Å²) >= 11 is 0. The highest BCUT2D eigenvalue weighted by Crippen LogP contribution is 2.33. The summed E-state index contributed by atoms with van der Waals surface area (Å²) in [5, 5.41) is 15.4. The molecular formula is C17H18N6O2. The number of anilines is 2. The maximum atomic E-state index is 13.1. The second-order valence-electron chi connectivity index (χ2n) is 6.58. The number of nitrogens with one attached hydrogen (secondary N) is 2. The van der Waals surface area contributed by atoms with Crippen molar-refractivity contribution in [2.75, 3.05) is 17.2 Å². The lowest BCUT2D eigenvalue weighted by Crippen LogP contribution is -2.20. The quantitative estimate of drug-likeness (QED) is 0.744. The van der Waals surface area contributed by atoms with Gasteiger partial charge < -0.3 is 15.2 Å². The highest BCUT2D eigenvalue weighted by molar-refractivity contribution is 6.14. The SMILES string of the molecule is Cc1noc2nc3c(c(C(=O)Nc4cnn5c4NCCC5)c12)CCC3. The van der Waals surface area contributed by atoms with E-state index in [1.807, 2.05) is 11.6 Å². The normalized spacial score (nSPS) is 15.7. The third kappa shape index (κ3) is 2.13. The number of hydrogen-bond acceptors (Lipinski definition) is 6. The molecule has 1 amide bonds. The first-order chi connectivity index (χ1) is 12.2. The van der Waals surface area contributed by atoms with Gasteiger partial charge in [-0.05, 0) is 38.2 Å². The van der Waals surface area contributed by atoms with Crippen LogP contribution in [0.2, 0.25) is 0 Å². The van der Waals surface area contributed by atoms with Crippen molar-refractivity contribution in [3.05, 3.63) is 28.7 Å². The van der Waals surface area contributed by atoms with Crippen LogP contribution in [-0.2, 0) is 19.4 Å². The summed E-state index contributed by atoms with van der Waals surface area (Å²) in [5.74, 6) is 0.712. The molecule has 2 N–H and O–H groups in total. The maximum Gasteiger partial charge on any atom is 0.259 e. The van der Waals surface area contributed by atoms with Crippen LogP contribution in [0.5, 0.6) is 0 Å². The zero-order valence-electron chi connectivity index (χ0n) is 13.9.